The minimum absolute atomic E-state index is 0.109. The summed E-state index contributed by atoms with van der Waals surface area (Å²) in [4.78, 5) is 9.16. The third kappa shape index (κ3) is 4.23. The average molecular weight is 467 g/mol. The maximum absolute atomic E-state index is 14.9. The molecule has 6 heteroatoms. The molecule has 3 heterocycles. The summed E-state index contributed by atoms with van der Waals surface area (Å²) in [5.41, 5.74) is 5.49. The van der Waals surface area contributed by atoms with Crippen LogP contribution in [0.1, 0.15) is 107 Å². The standard InChI is InChI=1S/C28H36F2N4/c1-15(2)20-11-22(29)26-24(13-20)34(17(5)6)25(32-26)10-9-18(7)21-12-23(30)28-31-19(8)27(16(3)4)33(28)14-21/h11-18H,9-10H2,1-8H3. The zero-order valence-electron chi connectivity index (χ0n) is 21.6. The Balaban J connectivity index is 1.68. The number of aryl methyl sites for hydroxylation is 2. The van der Waals surface area contributed by atoms with Crippen molar-refractivity contribution in [3.63, 3.8) is 0 Å². The molecule has 0 aliphatic rings. The minimum atomic E-state index is -0.294. The molecule has 0 spiro atoms. The lowest BCUT2D eigenvalue weighted by atomic mass is 9.97. The number of halogens is 2. The van der Waals surface area contributed by atoms with E-state index in [1.807, 2.05) is 17.5 Å². The van der Waals surface area contributed by atoms with E-state index in [1.54, 1.807) is 12.1 Å². The first kappa shape index (κ1) is 24.4. The molecule has 0 amide bonds. The Morgan fingerprint density at radius 1 is 0.853 bits per heavy atom. The molecule has 0 saturated heterocycles. The van der Waals surface area contributed by atoms with Gasteiger partial charge in [-0.05, 0) is 74.3 Å². The first-order valence-electron chi connectivity index (χ1n) is 12.4. The van der Waals surface area contributed by atoms with Crippen LogP contribution in [0, 0.1) is 18.6 Å². The summed E-state index contributed by atoms with van der Waals surface area (Å²) >= 11 is 0. The molecule has 34 heavy (non-hydrogen) atoms. The van der Waals surface area contributed by atoms with E-state index in [2.05, 4.69) is 64.1 Å². The molecule has 4 rings (SSSR count). The lowest BCUT2D eigenvalue weighted by Gasteiger charge is -2.17. The summed E-state index contributed by atoms with van der Waals surface area (Å²) in [5, 5.41) is 0. The number of aromatic nitrogens is 4. The lowest BCUT2D eigenvalue weighted by molar-refractivity contribution is 0.558. The second-order valence-corrected chi connectivity index (χ2v) is 10.5. The molecule has 0 aliphatic carbocycles. The van der Waals surface area contributed by atoms with Gasteiger partial charge >= 0.3 is 0 Å². The second kappa shape index (κ2) is 9.12. The van der Waals surface area contributed by atoms with Crippen molar-refractivity contribution in [2.45, 2.75) is 92.0 Å². The van der Waals surface area contributed by atoms with Crippen LogP contribution < -0.4 is 0 Å². The number of rotatable bonds is 7. The molecule has 0 N–H and O–H groups in total. The van der Waals surface area contributed by atoms with Crippen LogP contribution in [0.4, 0.5) is 8.78 Å². The van der Waals surface area contributed by atoms with Crippen molar-refractivity contribution in [1.29, 1.82) is 0 Å². The topological polar surface area (TPSA) is 35.1 Å². The predicted octanol–water partition coefficient (Wildman–Crippen LogP) is 7.83. The first-order valence-corrected chi connectivity index (χ1v) is 12.4. The number of imidazole rings is 2. The highest BCUT2D eigenvalue weighted by Gasteiger charge is 2.21. The van der Waals surface area contributed by atoms with Crippen LogP contribution in [0.3, 0.4) is 0 Å². The van der Waals surface area contributed by atoms with Crippen molar-refractivity contribution < 1.29 is 8.78 Å². The molecule has 0 fully saturated rings. The van der Waals surface area contributed by atoms with Crippen LogP contribution in [-0.4, -0.2) is 18.9 Å². The summed E-state index contributed by atoms with van der Waals surface area (Å²) in [7, 11) is 0. The van der Waals surface area contributed by atoms with Crippen LogP contribution in [-0.2, 0) is 6.42 Å². The van der Waals surface area contributed by atoms with Gasteiger partial charge in [-0.2, -0.15) is 0 Å². The van der Waals surface area contributed by atoms with E-state index in [1.165, 1.54) is 0 Å². The van der Waals surface area contributed by atoms with E-state index >= 15 is 0 Å². The molecule has 3 aromatic heterocycles. The Morgan fingerprint density at radius 2 is 1.53 bits per heavy atom. The van der Waals surface area contributed by atoms with Gasteiger partial charge in [-0.15, -0.1) is 0 Å². The van der Waals surface area contributed by atoms with E-state index < -0.39 is 0 Å². The number of nitrogens with zero attached hydrogens (tertiary/aromatic N) is 4. The first-order chi connectivity index (χ1) is 16.0. The van der Waals surface area contributed by atoms with Gasteiger partial charge < -0.3 is 8.97 Å². The highest BCUT2D eigenvalue weighted by Crippen LogP contribution is 2.31. The Kier molecular flexibility index (Phi) is 6.54. The normalized spacial score (nSPS) is 13.3. The third-order valence-corrected chi connectivity index (χ3v) is 6.86. The summed E-state index contributed by atoms with van der Waals surface area (Å²) in [6, 6.07) is 5.44. The van der Waals surface area contributed by atoms with E-state index in [0.717, 1.165) is 40.3 Å². The van der Waals surface area contributed by atoms with Crippen LogP contribution in [0.15, 0.2) is 24.4 Å². The van der Waals surface area contributed by atoms with Crippen LogP contribution in [0.2, 0.25) is 0 Å². The van der Waals surface area contributed by atoms with E-state index in [4.69, 9.17) is 4.98 Å². The van der Waals surface area contributed by atoms with Crippen molar-refractivity contribution in [1.82, 2.24) is 18.9 Å². The number of pyridine rings is 1. The van der Waals surface area contributed by atoms with Crippen molar-refractivity contribution in [2.24, 2.45) is 0 Å². The van der Waals surface area contributed by atoms with Gasteiger partial charge in [0.05, 0.1) is 11.2 Å². The third-order valence-electron chi connectivity index (χ3n) is 6.86. The lowest BCUT2D eigenvalue weighted by Crippen LogP contribution is -2.09. The second-order valence-electron chi connectivity index (χ2n) is 10.5. The molecule has 0 bridgehead atoms. The SMILES string of the molecule is Cc1nc2c(F)cc(C(C)CCc3nc4c(F)cc(C(C)C)cc4n3C(C)C)cn2c1C(C)C. The fourth-order valence-corrected chi connectivity index (χ4v) is 5.04. The summed E-state index contributed by atoms with van der Waals surface area (Å²) < 4.78 is 33.9. The Labute approximate surface area is 201 Å². The molecule has 4 nitrogen and oxygen atoms in total. The van der Waals surface area contributed by atoms with Gasteiger partial charge in [0.15, 0.2) is 17.3 Å². The van der Waals surface area contributed by atoms with Crippen molar-refractivity contribution in [2.75, 3.05) is 0 Å². The number of hydrogen-bond donors (Lipinski definition) is 0. The van der Waals surface area contributed by atoms with Gasteiger partial charge in [0, 0.05) is 24.4 Å². The molecule has 1 aromatic carbocycles. The van der Waals surface area contributed by atoms with Crippen molar-refractivity contribution in [3.05, 3.63) is 64.4 Å². The van der Waals surface area contributed by atoms with Crippen molar-refractivity contribution in [3.8, 4) is 0 Å². The molecule has 1 unspecified atom stereocenters. The smallest absolute Gasteiger partial charge is 0.173 e. The fraction of sp³-hybridized carbons (Fsp3) is 0.500. The highest BCUT2D eigenvalue weighted by atomic mass is 19.1. The number of benzene rings is 1. The predicted molar refractivity (Wildman–Crippen MR) is 135 cm³/mol. The summed E-state index contributed by atoms with van der Waals surface area (Å²) in [6.07, 6.45) is 3.49. The molecular weight excluding hydrogens is 430 g/mol. The summed E-state index contributed by atoms with van der Waals surface area (Å²) in [6.45, 7) is 16.6. The maximum atomic E-state index is 14.9. The van der Waals surface area contributed by atoms with E-state index in [-0.39, 0.29) is 35.4 Å². The zero-order chi connectivity index (χ0) is 24.9. The summed E-state index contributed by atoms with van der Waals surface area (Å²) in [5.74, 6) is 0.913. The molecule has 0 saturated carbocycles. The Morgan fingerprint density at radius 3 is 2.15 bits per heavy atom. The number of fused-ring (bicyclic) bond motifs is 2. The largest absolute Gasteiger partial charge is 0.325 e. The molecule has 4 aromatic rings. The van der Waals surface area contributed by atoms with Gasteiger partial charge in [-0.3, -0.25) is 0 Å². The van der Waals surface area contributed by atoms with Crippen molar-refractivity contribution >= 4 is 16.7 Å². The number of hydrogen-bond acceptors (Lipinski definition) is 2. The Bertz CT molecular complexity index is 1340. The fourth-order valence-electron chi connectivity index (χ4n) is 5.04. The molecule has 0 aliphatic heterocycles. The van der Waals surface area contributed by atoms with E-state index in [0.29, 0.717) is 17.6 Å². The monoisotopic (exact) mass is 466 g/mol. The van der Waals surface area contributed by atoms with Crippen LogP contribution in [0.5, 0.6) is 0 Å². The molecule has 1 atom stereocenters. The highest BCUT2D eigenvalue weighted by molar-refractivity contribution is 5.78. The van der Waals surface area contributed by atoms with Gasteiger partial charge in [0.25, 0.3) is 0 Å². The van der Waals surface area contributed by atoms with Gasteiger partial charge in [-0.25, -0.2) is 18.7 Å². The van der Waals surface area contributed by atoms with Crippen LogP contribution >= 0.6 is 0 Å². The van der Waals surface area contributed by atoms with Crippen LogP contribution in [0.25, 0.3) is 16.7 Å². The van der Waals surface area contributed by atoms with Gasteiger partial charge in [0.1, 0.15) is 11.3 Å². The molecule has 0 radical (unpaired) electrons. The van der Waals surface area contributed by atoms with Gasteiger partial charge in [-0.1, -0.05) is 34.6 Å². The minimum Gasteiger partial charge on any atom is -0.325 e. The molecular formula is C28H36F2N4. The average Bonchev–Trinajstić information content (AvgIpc) is 3.29. The maximum Gasteiger partial charge on any atom is 0.173 e. The quantitative estimate of drug-likeness (QED) is 0.278. The molecule has 182 valence electrons. The van der Waals surface area contributed by atoms with Gasteiger partial charge in [0.2, 0.25) is 0 Å². The van der Waals surface area contributed by atoms with E-state index in [9.17, 15) is 8.78 Å². The zero-order valence-corrected chi connectivity index (χ0v) is 21.6. The Hall–Kier alpha value is -2.76.